The maximum atomic E-state index is 11.7. The Hall–Kier alpha value is -1.59. The minimum atomic E-state index is -0.0137. The molecule has 1 aromatic carbocycles. The lowest BCUT2D eigenvalue weighted by Gasteiger charge is -2.12. The molecule has 2 rings (SSSR count). The van der Waals surface area contributed by atoms with Gasteiger partial charge < -0.3 is 20.5 Å². The number of hydrogen-bond acceptors (Lipinski definition) is 4. The molecule has 0 radical (unpaired) electrons. The molecule has 0 spiro atoms. The molecule has 1 amide bonds. The van der Waals surface area contributed by atoms with Gasteiger partial charge in [0.05, 0.1) is 13.2 Å². The lowest BCUT2D eigenvalue weighted by molar-refractivity contribution is -0.116. The first kappa shape index (κ1) is 14.8. The van der Waals surface area contributed by atoms with Crippen LogP contribution in [0, 0.1) is 0 Å². The average molecular weight is 278 g/mol. The summed E-state index contributed by atoms with van der Waals surface area (Å²) >= 11 is 0. The van der Waals surface area contributed by atoms with Crippen LogP contribution < -0.4 is 15.8 Å². The highest BCUT2D eigenvalue weighted by Gasteiger charge is 2.16. The number of ether oxygens (including phenoxy) is 2. The molecular weight excluding hydrogens is 256 g/mol. The van der Waals surface area contributed by atoms with Crippen LogP contribution in [-0.4, -0.2) is 31.3 Å². The molecule has 1 heterocycles. The molecule has 0 aromatic heterocycles. The smallest absolute Gasteiger partial charge is 0.224 e. The second-order valence-electron chi connectivity index (χ2n) is 5.19. The Morgan fingerprint density at radius 3 is 2.85 bits per heavy atom. The van der Waals surface area contributed by atoms with Gasteiger partial charge in [-0.05, 0) is 37.6 Å². The number of nitrogens with two attached hydrogens (primary N) is 1. The quantitative estimate of drug-likeness (QED) is 0.833. The van der Waals surface area contributed by atoms with E-state index in [-0.39, 0.29) is 18.1 Å². The minimum Gasteiger partial charge on any atom is -0.488 e. The Labute approximate surface area is 119 Å². The highest BCUT2D eigenvalue weighted by molar-refractivity contribution is 5.90. The summed E-state index contributed by atoms with van der Waals surface area (Å²) in [6, 6.07) is 7.45. The molecule has 0 saturated carbocycles. The number of nitrogens with one attached hydrogen (secondary N) is 1. The Kier molecular flexibility index (Phi) is 5.38. The molecule has 5 nitrogen and oxygen atoms in total. The number of carbonyl (C=O) groups is 1. The summed E-state index contributed by atoms with van der Waals surface area (Å²) in [4.78, 5) is 11.7. The van der Waals surface area contributed by atoms with E-state index in [1.54, 1.807) is 0 Å². The molecule has 0 aliphatic carbocycles. The van der Waals surface area contributed by atoms with E-state index in [9.17, 15) is 4.79 Å². The summed E-state index contributed by atoms with van der Waals surface area (Å²) in [5.74, 6) is 0.786. The first-order chi connectivity index (χ1) is 9.63. The number of carbonyl (C=O) groups excluding carboxylic acids is 1. The zero-order valence-corrected chi connectivity index (χ0v) is 11.8. The van der Waals surface area contributed by atoms with Crippen LogP contribution >= 0.6 is 0 Å². The third kappa shape index (κ3) is 4.83. The van der Waals surface area contributed by atoms with Crippen LogP contribution in [0.15, 0.2) is 24.3 Å². The summed E-state index contributed by atoms with van der Waals surface area (Å²) in [6.07, 6.45) is 2.20. The van der Waals surface area contributed by atoms with E-state index in [1.807, 2.05) is 31.2 Å². The van der Waals surface area contributed by atoms with Crippen LogP contribution in [0.3, 0.4) is 0 Å². The molecule has 2 atom stereocenters. The van der Waals surface area contributed by atoms with Gasteiger partial charge in [0.15, 0.2) is 0 Å². The SMILES string of the molecule is CC(N)CCC(=O)Nc1ccc(OC2CCOC2)cc1. The minimum absolute atomic E-state index is 0.0137. The molecule has 0 bridgehead atoms. The van der Waals surface area contributed by atoms with Gasteiger partial charge in [-0.3, -0.25) is 4.79 Å². The maximum absolute atomic E-state index is 11.7. The monoisotopic (exact) mass is 278 g/mol. The van der Waals surface area contributed by atoms with Gasteiger partial charge in [0.1, 0.15) is 11.9 Å². The van der Waals surface area contributed by atoms with Crippen molar-refractivity contribution in [3.8, 4) is 5.75 Å². The highest BCUT2D eigenvalue weighted by atomic mass is 16.5. The Morgan fingerprint density at radius 1 is 1.50 bits per heavy atom. The van der Waals surface area contributed by atoms with E-state index in [0.29, 0.717) is 19.4 Å². The molecule has 1 saturated heterocycles. The Balaban J connectivity index is 1.80. The summed E-state index contributed by atoms with van der Waals surface area (Å²) in [7, 11) is 0. The van der Waals surface area contributed by atoms with Gasteiger partial charge >= 0.3 is 0 Å². The fourth-order valence-electron chi connectivity index (χ4n) is 2.00. The molecule has 3 N–H and O–H groups in total. The number of hydrogen-bond donors (Lipinski definition) is 2. The van der Waals surface area contributed by atoms with E-state index in [4.69, 9.17) is 15.2 Å². The van der Waals surface area contributed by atoms with Crippen LogP contribution in [-0.2, 0) is 9.53 Å². The number of rotatable bonds is 6. The highest BCUT2D eigenvalue weighted by Crippen LogP contribution is 2.19. The molecular formula is C15H22N2O3. The van der Waals surface area contributed by atoms with Gasteiger partial charge in [0.25, 0.3) is 0 Å². The van der Waals surface area contributed by atoms with Crippen LogP contribution in [0.4, 0.5) is 5.69 Å². The maximum Gasteiger partial charge on any atom is 0.224 e. The molecule has 20 heavy (non-hydrogen) atoms. The van der Waals surface area contributed by atoms with Gasteiger partial charge in [-0.2, -0.15) is 0 Å². The predicted molar refractivity (Wildman–Crippen MR) is 77.8 cm³/mol. The lowest BCUT2D eigenvalue weighted by atomic mass is 10.2. The standard InChI is InChI=1S/C15H22N2O3/c1-11(16)2-7-15(18)17-12-3-5-13(6-4-12)20-14-8-9-19-10-14/h3-6,11,14H,2,7-10,16H2,1H3,(H,17,18). The van der Waals surface area contributed by atoms with Crippen molar-refractivity contribution in [1.82, 2.24) is 0 Å². The molecule has 1 fully saturated rings. The van der Waals surface area contributed by atoms with E-state index >= 15 is 0 Å². The van der Waals surface area contributed by atoms with E-state index in [1.165, 1.54) is 0 Å². The third-order valence-electron chi connectivity index (χ3n) is 3.16. The van der Waals surface area contributed by atoms with Crippen molar-refractivity contribution in [2.24, 2.45) is 5.73 Å². The van der Waals surface area contributed by atoms with Gasteiger partial charge in [-0.15, -0.1) is 0 Å². The van der Waals surface area contributed by atoms with Gasteiger partial charge in [0.2, 0.25) is 5.91 Å². The second kappa shape index (κ2) is 7.26. The number of amides is 1. The average Bonchev–Trinajstić information content (AvgIpc) is 2.92. The zero-order valence-electron chi connectivity index (χ0n) is 11.8. The summed E-state index contributed by atoms with van der Waals surface area (Å²) in [5.41, 5.74) is 6.40. The van der Waals surface area contributed by atoms with Crippen molar-refractivity contribution in [2.75, 3.05) is 18.5 Å². The summed E-state index contributed by atoms with van der Waals surface area (Å²) in [5, 5.41) is 2.84. The van der Waals surface area contributed by atoms with Crippen LogP contribution in [0.5, 0.6) is 5.75 Å². The van der Waals surface area contributed by atoms with Crippen molar-refractivity contribution in [2.45, 2.75) is 38.3 Å². The summed E-state index contributed by atoms with van der Waals surface area (Å²) < 4.78 is 11.0. The Bertz CT molecular complexity index is 425. The second-order valence-corrected chi connectivity index (χ2v) is 5.19. The van der Waals surface area contributed by atoms with Gasteiger partial charge in [-0.1, -0.05) is 0 Å². The largest absolute Gasteiger partial charge is 0.488 e. The van der Waals surface area contributed by atoms with E-state index in [0.717, 1.165) is 24.5 Å². The van der Waals surface area contributed by atoms with Crippen LogP contribution in [0.1, 0.15) is 26.2 Å². The molecule has 1 aromatic rings. The van der Waals surface area contributed by atoms with Crippen molar-refractivity contribution in [3.63, 3.8) is 0 Å². The van der Waals surface area contributed by atoms with Gasteiger partial charge in [-0.25, -0.2) is 0 Å². The Morgan fingerprint density at radius 2 is 2.25 bits per heavy atom. The van der Waals surface area contributed by atoms with E-state index in [2.05, 4.69) is 5.32 Å². The number of anilines is 1. The van der Waals surface area contributed by atoms with E-state index < -0.39 is 0 Å². The molecule has 110 valence electrons. The van der Waals surface area contributed by atoms with Crippen LogP contribution in [0.25, 0.3) is 0 Å². The van der Waals surface area contributed by atoms with Crippen molar-refractivity contribution in [3.05, 3.63) is 24.3 Å². The normalized spacial score (nSPS) is 19.6. The zero-order chi connectivity index (χ0) is 14.4. The number of benzene rings is 1. The van der Waals surface area contributed by atoms with Crippen LogP contribution in [0.2, 0.25) is 0 Å². The topological polar surface area (TPSA) is 73.6 Å². The molecule has 1 aliphatic rings. The molecule has 2 unspecified atom stereocenters. The third-order valence-corrected chi connectivity index (χ3v) is 3.16. The predicted octanol–water partition coefficient (Wildman–Crippen LogP) is 1.92. The summed E-state index contributed by atoms with van der Waals surface area (Å²) in [6.45, 7) is 3.31. The molecule has 1 aliphatic heterocycles. The molecule has 5 heteroatoms. The fourth-order valence-corrected chi connectivity index (χ4v) is 2.00. The van der Waals surface area contributed by atoms with Crippen molar-refractivity contribution >= 4 is 11.6 Å². The van der Waals surface area contributed by atoms with Gasteiger partial charge in [0, 0.05) is 24.6 Å². The lowest BCUT2D eigenvalue weighted by Crippen LogP contribution is -2.19. The first-order valence-corrected chi connectivity index (χ1v) is 7.03. The van der Waals surface area contributed by atoms with Crippen molar-refractivity contribution in [1.29, 1.82) is 0 Å². The van der Waals surface area contributed by atoms with Crippen molar-refractivity contribution < 1.29 is 14.3 Å². The first-order valence-electron chi connectivity index (χ1n) is 7.03. The fraction of sp³-hybridized carbons (Fsp3) is 0.533.